The summed E-state index contributed by atoms with van der Waals surface area (Å²) in [4.78, 5) is 12.2. The third-order valence-corrected chi connectivity index (χ3v) is 6.91. The normalized spacial score (nSPS) is 26.6. The molecule has 1 aliphatic rings. The molecule has 0 bridgehead atoms. The highest BCUT2D eigenvalue weighted by Crippen LogP contribution is 2.31. The Bertz CT molecular complexity index is 957. The zero-order valence-electron chi connectivity index (χ0n) is 18.1. The SMILES string of the molecule is C[S@](=O)CCCCC(=NOS(=O)(=O)O)S[C@@H]1O[C@H](COC(=O)c2ccccc2)[C@@H](O)[C@H](O)[C@H]1O. The van der Waals surface area contributed by atoms with Gasteiger partial charge in [0.05, 0.1) is 5.56 Å². The number of carbonyl (C=O) groups is 1. The molecule has 1 saturated heterocycles. The minimum atomic E-state index is -4.89. The minimum Gasteiger partial charge on any atom is -0.459 e. The summed E-state index contributed by atoms with van der Waals surface area (Å²) in [6, 6.07) is 8.07. The highest BCUT2D eigenvalue weighted by atomic mass is 32.3. The predicted octanol–water partition coefficient (Wildman–Crippen LogP) is 0.0659. The van der Waals surface area contributed by atoms with E-state index in [4.69, 9.17) is 14.0 Å². The predicted molar refractivity (Wildman–Crippen MR) is 124 cm³/mol. The van der Waals surface area contributed by atoms with Gasteiger partial charge in [-0.1, -0.05) is 35.1 Å². The van der Waals surface area contributed by atoms with Crippen molar-refractivity contribution >= 4 is 44.0 Å². The summed E-state index contributed by atoms with van der Waals surface area (Å²) < 4.78 is 56.6. The van der Waals surface area contributed by atoms with Crippen LogP contribution in [-0.2, 0) is 35.0 Å². The summed E-state index contributed by atoms with van der Waals surface area (Å²) >= 11 is 0.703. The average Bonchev–Trinajstić information content (AvgIpc) is 2.79. The van der Waals surface area contributed by atoms with Gasteiger partial charge in [-0.3, -0.25) is 8.76 Å². The number of hydrogen-bond acceptors (Lipinski definition) is 12. The monoisotopic (exact) mass is 541 g/mol. The van der Waals surface area contributed by atoms with Gasteiger partial charge in [-0.25, -0.2) is 9.08 Å². The Balaban J connectivity index is 2.06. The molecule has 1 heterocycles. The zero-order valence-corrected chi connectivity index (χ0v) is 20.6. The lowest BCUT2D eigenvalue weighted by atomic mass is 10.0. The van der Waals surface area contributed by atoms with Gasteiger partial charge in [-0.05, 0) is 31.4 Å². The number of thioether (sulfide) groups is 1. The van der Waals surface area contributed by atoms with Crippen LogP contribution in [0.2, 0.25) is 0 Å². The second-order valence-electron chi connectivity index (χ2n) is 7.32. The number of ether oxygens (including phenoxy) is 2. The van der Waals surface area contributed by atoms with Crippen molar-refractivity contribution in [1.82, 2.24) is 0 Å². The molecule has 6 atom stereocenters. The molecule has 0 amide bonds. The van der Waals surface area contributed by atoms with Crippen molar-refractivity contribution in [3.63, 3.8) is 0 Å². The fourth-order valence-corrected chi connectivity index (χ4v) is 4.85. The number of nitrogens with zero attached hydrogens (tertiary/aromatic N) is 1. The van der Waals surface area contributed by atoms with E-state index >= 15 is 0 Å². The summed E-state index contributed by atoms with van der Waals surface area (Å²) in [6.07, 6.45) is -3.48. The van der Waals surface area contributed by atoms with E-state index in [1.165, 1.54) is 18.4 Å². The lowest BCUT2D eigenvalue weighted by molar-refractivity contribution is -0.205. The smallest absolute Gasteiger partial charge is 0.459 e. The van der Waals surface area contributed by atoms with Crippen LogP contribution in [0.3, 0.4) is 0 Å². The molecule has 4 N–H and O–H groups in total. The van der Waals surface area contributed by atoms with E-state index in [2.05, 4.69) is 9.44 Å². The van der Waals surface area contributed by atoms with Crippen LogP contribution < -0.4 is 0 Å². The number of hydrogen-bond donors (Lipinski definition) is 4. The fourth-order valence-electron chi connectivity index (χ4n) is 2.90. The summed E-state index contributed by atoms with van der Waals surface area (Å²) in [5, 5.41) is 34.2. The Kier molecular flexibility index (Phi) is 11.4. The number of oxime groups is 1. The molecule has 12 nitrogen and oxygen atoms in total. The minimum absolute atomic E-state index is 0.00724. The quantitative estimate of drug-likeness (QED) is 0.0737. The molecular formula is C19H27NO11S3. The Hall–Kier alpha value is -1.59. The molecule has 0 radical (unpaired) electrons. The molecule has 1 fully saturated rings. The van der Waals surface area contributed by atoms with Crippen molar-refractivity contribution < 1.29 is 51.1 Å². The molecule has 15 heteroatoms. The average molecular weight is 542 g/mol. The first-order chi connectivity index (χ1) is 16.0. The first kappa shape index (κ1) is 28.6. The summed E-state index contributed by atoms with van der Waals surface area (Å²) in [6.45, 7) is -0.438. The largest absolute Gasteiger partial charge is 0.466 e. The summed E-state index contributed by atoms with van der Waals surface area (Å²) in [5.41, 5.74) is -0.980. The molecular weight excluding hydrogens is 514 g/mol. The van der Waals surface area contributed by atoms with Crippen molar-refractivity contribution in [1.29, 1.82) is 0 Å². The molecule has 192 valence electrons. The summed E-state index contributed by atoms with van der Waals surface area (Å²) in [7, 11) is -5.92. The second kappa shape index (κ2) is 13.5. The number of aliphatic hydroxyl groups is 3. The molecule has 0 saturated carbocycles. The van der Waals surface area contributed by atoms with E-state index in [0.717, 1.165) is 0 Å². The Morgan fingerprint density at radius 3 is 2.44 bits per heavy atom. The third-order valence-electron chi connectivity index (χ3n) is 4.61. The highest BCUT2D eigenvalue weighted by molar-refractivity contribution is 8.14. The zero-order chi connectivity index (χ0) is 25.3. The number of esters is 1. The van der Waals surface area contributed by atoms with Crippen LogP contribution in [-0.4, -0.2) is 92.0 Å². The van der Waals surface area contributed by atoms with Crippen molar-refractivity contribution in [3.05, 3.63) is 35.9 Å². The molecule has 0 unspecified atom stereocenters. The third kappa shape index (κ3) is 9.58. The number of carbonyl (C=O) groups excluding carboxylic acids is 1. The first-order valence-electron chi connectivity index (χ1n) is 10.1. The molecule has 34 heavy (non-hydrogen) atoms. The highest BCUT2D eigenvalue weighted by Gasteiger charge is 2.45. The van der Waals surface area contributed by atoms with Crippen molar-refractivity contribution in [2.45, 2.75) is 49.1 Å². The van der Waals surface area contributed by atoms with Crippen LogP contribution in [0.5, 0.6) is 0 Å². The van der Waals surface area contributed by atoms with Gasteiger partial charge in [0.1, 0.15) is 41.5 Å². The first-order valence-corrected chi connectivity index (χ1v) is 14.1. The lowest BCUT2D eigenvalue weighted by Gasteiger charge is -2.39. The molecule has 0 spiro atoms. The van der Waals surface area contributed by atoms with E-state index < -0.39 is 63.6 Å². The Morgan fingerprint density at radius 2 is 1.82 bits per heavy atom. The van der Waals surface area contributed by atoms with E-state index in [1.54, 1.807) is 18.2 Å². The number of unbranched alkanes of at least 4 members (excludes halogenated alkanes) is 1. The van der Waals surface area contributed by atoms with Gasteiger partial charge in [0.15, 0.2) is 0 Å². The molecule has 0 aromatic heterocycles. The van der Waals surface area contributed by atoms with Gasteiger partial charge >= 0.3 is 16.4 Å². The maximum atomic E-state index is 12.2. The van der Waals surface area contributed by atoms with Crippen LogP contribution in [0.25, 0.3) is 0 Å². The van der Waals surface area contributed by atoms with Crippen LogP contribution in [0, 0.1) is 0 Å². The fraction of sp³-hybridized carbons (Fsp3) is 0.579. The van der Waals surface area contributed by atoms with Gasteiger partial charge in [0.2, 0.25) is 0 Å². The van der Waals surface area contributed by atoms with Gasteiger partial charge in [0, 0.05) is 22.8 Å². The molecule has 0 aliphatic carbocycles. The summed E-state index contributed by atoms with van der Waals surface area (Å²) in [5.74, 6) is -0.280. The lowest BCUT2D eigenvalue weighted by Crippen LogP contribution is -2.58. The maximum absolute atomic E-state index is 12.2. The van der Waals surface area contributed by atoms with Gasteiger partial charge in [-0.15, -0.1) is 0 Å². The van der Waals surface area contributed by atoms with Gasteiger partial charge < -0.3 is 24.8 Å². The van der Waals surface area contributed by atoms with Crippen LogP contribution in [0.4, 0.5) is 0 Å². The maximum Gasteiger partial charge on any atom is 0.466 e. The van der Waals surface area contributed by atoms with E-state index in [9.17, 15) is 32.7 Å². The van der Waals surface area contributed by atoms with E-state index in [1.807, 2.05) is 0 Å². The molecule has 1 aliphatic heterocycles. The Morgan fingerprint density at radius 1 is 1.15 bits per heavy atom. The van der Waals surface area contributed by atoms with Crippen molar-refractivity contribution in [3.8, 4) is 0 Å². The molecule has 2 rings (SSSR count). The van der Waals surface area contributed by atoms with Crippen LogP contribution in [0.1, 0.15) is 29.6 Å². The number of rotatable bonds is 11. The van der Waals surface area contributed by atoms with Crippen LogP contribution >= 0.6 is 11.8 Å². The van der Waals surface area contributed by atoms with Gasteiger partial charge in [0.25, 0.3) is 0 Å². The van der Waals surface area contributed by atoms with Crippen molar-refractivity contribution in [2.24, 2.45) is 5.16 Å². The van der Waals surface area contributed by atoms with E-state index in [0.29, 0.717) is 30.4 Å². The van der Waals surface area contributed by atoms with Crippen molar-refractivity contribution in [2.75, 3.05) is 18.6 Å². The topological polar surface area (TPSA) is 189 Å². The van der Waals surface area contributed by atoms with Crippen LogP contribution in [0.15, 0.2) is 35.5 Å². The Labute approximate surface area is 203 Å². The standard InChI is InChI=1S/C19H27NO11S3/c1-33(25)10-6-5-9-14(20-31-34(26,27)28)32-19-17(23)16(22)15(21)13(30-19)11-29-18(24)12-7-3-2-4-8-12/h2-4,7-8,13,15-17,19,21-23H,5-6,9-11H2,1H3,(H,26,27,28)/t13-,15-,16+,17-,19+,33+/m1/s1. The van der Waals surface area contributed by atoms with E-state index in [-0.39, 0.29) is 17.0 Å². The number of aliphatic hydroxyl groups excluding tert-OH is 3. The number of benzene rings is 1. The second-order valence-corrected chi connectivity index (χ2v) is 11.0. The molecule has 1 aromatic rings. The van der Waals surface area contributed by atoms with Gasteiger partial charge in [-0.2, -0.15) is 8.42 Å². The molecule has 1 aromatic carbocycles.